The molecule has 1 aliphatic rings. The summed E-state index contributed by atoms with van der Waals surface area (Å²) in [5, 5.41) is 2.91. The van der Waals surface area contributed by atoms with Gasteiger partial charge in [-0.3, -0.25) is 9.78 Å². The lowest BCUT2D eigenvalue weighted by molar-refractivity contribution is 0.0936. The molecule has 86 valence electrons. The molecule has 1 aromatic rings. The number of nitrogens with zero attached hydrogens (tertiary/aromatic N) is 1. The Morgan fingerprint density at radius 1 is 1.50 bits per heavy atom. The molecule has 0 aliphatic heterocycles. The van der Waals surface area contributed by atoms with Crippen LogP contribution in [0.2, 0.25) is 0 Å². The van der Waals surface area contributed by atoms with Crippen LogP contribution in [0.4, 0.5) is 4.39 Å². The second-order valence-corrected chi connectivity index (χ2v) is 4.48. The summed E-state index contributed by atoms with van der Waals surface area (Å²) in [4.78, 5) is 15.4. The Kier molecular flexibility index (Phi) is 3.17. The first-order valence-corrected chi connectivity index (χ1v) is 5.56. The molecule has 0 bridgehead atoms. The summed E-state index contributed by atoms with van der Waals surface area (Å²) < 4.78 is 12.9. The van der Waals surface area contributed by atoms with Crippen LogP contribution >= 0.6 is 0 Å². The summed E-state index contributed by atoms with van der Waals surface area (Å²) in [6, 6.07) is 1.44. The standard InChI is InChI=1S/C12H15FN2O/c1-8-2-3-11(4-8)15-12(16)9-5-10(13)7-14-6-9/h5-8,11H,2-4H2,1H3,(H,15,16). The van der Waals surface area contributed by atoms with Crippen molar-refractivity contribution in [3.8, 4) is 0 Å². The van der Waals surface area contributed by atoms with E-state index in [9.17, 15) is 9.18 Å². The van der Waals surface area contributed by atoms with Crippen LogP contribution in [-0.2, 0) is 0 Å². The highest BCUT2D eigenvalue weighted by Gasteiger charge is 2.23. The van der Waals surface area contributed by atoms with Crippen LogP contribution in [0.1, 0.15) is 36.5 Å². The fraction of sp³-hybridized carbons (Fsp3) is 0.500. The van der Waals surface area contributed by atoms with Crippen molar-refractivity contribution < 1.29 is 9.18 Å². The van der Waals surface area contributed by atoms with Gasteiger partial charge in [-0.1, -0.05) is 6.92 Å². The molecule has 1 aromatic heterocycles. The maximum atomic E-state index is 12.9. The van der Waals surface area contributed by atoms with Crippen molar-refractivity contribution >= 4 is 5.91 Å². The second-order valence-electron chi connectivity index (χ2n) is 4.48. The summed E-state index contributed by atoms with van der Waals surface area (Å²) in [5.41, 5.74) is 0.291. The molecular formula is C12H15FN2O. The Balaban J connectivity index is 1.98. The molecular weight excluding hydrogens is 207 g/mol. The van der Waals surface area contributed by atoms with E-state index in [0.717, 1.165) is 25.5 Å². The zero-order chi connectivity index (χ0) is 11.5. The van der Waals surface area contributed by atoms with Gasteiger partial charge in [0.05, 0.1) is 11.8 Å². The van der Waals surface area contributed by atoms with E-state index in [1.54, 1.807) is 0 Å². The third-order valence-electron chi connectivity index (χ3n) is 3.00. The van der Waals surface area contributed by atoms with Gasteiger partial charge in [0.2, 0.25) is 0 Å². The second kappa shape index (κ2) is 4.60. The fourth-order valence-corrected chi connectivity index (χ4v) is 2.14. The molecule has 0 spiro atoms. The average molecular weight is 222 g/mol. The van der Waals surface area contributed by atoms with E-state index in [1.165, 1.54) is 12.3 Å². The van der Waals surface area contributed by atoms with E-state index in [4.69, 9.17) is 0 Å². The quantitative estimate of drug-likeness (QED) is 0.833. The maximum absolute atomic E-state index is 12.9. The molecule has 4 heteroatoms. The Labute approximate surface area is 94.1 Å². The summed E-state index contributed by atoms with van der Waals surface area (Å²) >= 11 is 0. The Morgan fingerprint density at radius 3 is 2.94 bits per heavy atom. The predicted molar refractivity (Wildman–Crippen MR) is 58.5 cm³/mol. The van der Waals surface area contributed by atoms with Gasteiger partial charge in [-0.15, -0.1) is 0 Å². The first-order chi connectivity index (χ1) is 7.65. The third-order valence-corrected chi connectivity index (χ3v) is 3.00. The van der Waals surface area contributed by atoms with Gasteiger partial charge in [0.15, 0.2) is 0 Å². The number of hydrogen-bond acceptors (Lipinski definition) is 2. The number of halogens is 1. The van der Waals surface area contributed by atoms with Crippen LogP contribution in [-0.4, -0.2) is 16.9 Å². The number of rotatable bonds is 2. The van der Waals surface area contributed by atoms with Crippen LogP contribution < -0.4 is 5.32 Å². The van der Waals surface area contributed by atoms with E-state index in [-0.39, 0.29) is 11.9 Å². The Hall–Kier alpha value is -1.45. The topological polar surface area (TPSA) is 42.0 Å². The van der Waals surface area contributed by atoms with Gasteiger partial charge in [0, 0.05) is 12.2 Å². The van der Waals surface area contributed by atoms with Gasteiger partial charge in [0.25, 0.3) is 5.91 Å². The minimum Gasteiger partial charge on any atom is -0.349 e. The Bertz CT molecular complexity index is 394. The molecule has 1 heterocycles. The van der Waals surface area contributed by atoms with E-state index < -0.39 is 5.82 Å². The summed E-state index contributed by atoms with van der Waals surface area (Å²) in [6.45, 7) is 2.18. The number of nitrogens with one attached hydrogen (secondary N) is 1. The van der Waals surface area contributed by atoms with Crippen LogP contribution in [0.15, 0.2) is 18.5 Å². The average Bonchev–Trinajstić information content (AvgIpc) is 2.64. The summed E-state index contributed by atoms with van der Waals surface area (Å²) in [5.74, 6) is -0.0468. The minimum atomic E-state index is -0.479. The molecule has 1 aliphatic carbocycles. The largest absolute Gasteiger partial charge is 0.349 e. The van der Waals surface area contributed by atoms with Crippen LogP contribution in [0.25, 0.3) is 0 Å². The van der Waals surface area contributed by atoms with Crippen molar-refractivity contribution in [1.82, 2.24) is 10.3 Å². The molecule has 0 aromatic carbocycles. The van der Waals surface area contributed by atoms with Gasteiger partial charge >= 0.3 is 0 Å². The normalized spacial score (nSPS) is 24.4. The predicted octanol–water partition coefficient (Wildman–Crippen LogP) is 2.14. The molecule has 16 heavy (non-hydrogen) atoms. The van der Waals surface area contributed by atoms with Crippen molar-refractivity contribution in [3.63, 3.8) is 0 Å². The molecule has 2 unspecified atom stereocenters. The summed E-state index contributed by atoms with van der Waals surface area (Å²) in [6.07, 6.45) is 5.64. The molecule has 2 atom stereocenters. The highest BCUT2D eigenvalue weighted by molar-refractivity contribution is 5.94. The van der Waals surface area contributed by atoms with Crippen molar-refractivity contribution in [2.45, 2.75) is 32.2 Å². The molecule has 1 fully saturated rings. The number of carbonyl (C=O) groups excluding carboxylic acids is 1. The third kappa shape index (κ3) is 2.56. The molecule has 1 saturated carbocycles. The maximum Gasteiger partial charge on any atom is 0.253 e. The van der Waals surface area contributed by atoms with Crippen LogP contribution in [0.3, 0.4) is 0 Å². The van der Waals surface area contributed by atoms with Gasteiger partial charge in [-0.25, -0.2) is 4.39 Å². The SMILES string of the molecule is CC1CCC(NC(=O)c2cncc(F)c2)C1. The number of carbonyl (C=O) groups is 1. The number of amides is 1. The lowest BCUT2D eigenvalue weighted by atomic mass is 10.1. The molecule has 1 amide bonds. The Morgan fingerprint density at radius 2 is 2.31 bits per heavy atom. The lowest BCUT2D eigenvalue weighted by Gasteiger charge is -2.12. The van der Waals surface area contributed by atoms with Crippen molar-refractivity contribution in [2.75, 3.05) is 0 Å². The van der Waals surface area contributed by atoms with E-state index in [2.05, 4.69) is 17.2 Å². The number of hydrogen-bond donors (Lipinski definition) is 1. The zero-order valence-electron chi connectivity index (χ0n) is 9.24. The highest BCUT2D eigenvalue weighted by atomic mass is 19.1. The highest BCUT2D eigenvalue weighted by Crippen LogP contribution is 2.24. The fourth-order valence-electron chi connectivity index (χ4n) is 2.14. The summed E-state index contributed by atoms with van der Waals surface area (Å²) in [7, 11) is 0. The first-order valence-electron chi connectivity index (χ1n) is 5.56. The van der Waals surface area contributed by atoms with E-state index in [0.29, 0.717) is 11.5 Å². The zero-order valence-corrected chi connectivity index (χ0v) is 9.24. The molecule has 0 radical (unpaired) electrons. The van der Waals surface area contributed by atoms with Crippen molar-refractivity contribution in [3.05, 3.63) is 29.8 Å². The van der Waals surface area contributed by atoms with Crippen molar-refractivity contribution in [1.29, 1.82) is 0 Å². The minimum absolute atomic E-state index is 0.228. The number of pyridine rings is 1. The van der Waals surface area contributed by atoms with Gasteiger partial charge < -0.3 is 5.32 Å². The first kappa shape index (κ1) is 11.0. The van der Waals surface area contributed by atoms with Gasteiger partial charge in [0.1, 0.15) is 5.82 Å². The molecule has 1 N–H and O–H groups in total. The van der Waals surface area contributed by atoms with Gasteiger partial charge in [-0.2, -0.15) is 0 Å². The van der Waals surface area contributed by atoms with E-state index in [1.807, 2.05) is 0 Å². The van der Waals surface area contributed by atoms with Crippen LogP contribution in [0.5, 0.6) is 0 Å². The molecule has 2 rings (SSSR count). The molecule has 3 nitrogen and oxygen atoms in total. The monoisotopic (exact) mass is 222 g/mol. The lowest BCUT2D eigenvalue weighted by Crippen LogP contribution is -2.33. The number of aromatic nitrogens is 1. The van der Waals surface area contributed by atoms with Gasteiger partial charge in [-0.05, 0) is 31.2 Å². The molecule has 0 saturated heterocycles. The smallest absolute Gasteiger partial charge is 0.253 e. The van der Waals surface area contributed by atoms with Crippen LogP contribution in [0, 0.1) is 11.7 Å². The van der Waals surface area contributed by atoms with Crippen molar-refractivity contribution in [2.24, 2.45) is 5.92 Å². The van der Waals surface area contributed by atoms with E-state index >= 15 is 0 Å².